The second-order valence-corrected chi connectivity index (χ2v) is 5.94. The molecule has 0 bridgehead atoms. The summed E-state index contributed by atoms with van der Waals surface area (Å²) in [5.74, 6) is 2.66. The van der Waals surface area contributed by atoms with E-state index < -0.39 is 0 Å². The Morgan fingerprint density at radius 3 is 2.71 bits per heavy atom. The van der Waals surface area contributed by atoms with E-state index in [0.717, 1.165) is 11.0 Å². The van der Waals surface area contributed by atoms with Gasteiger partial charge in [-0.25, -0.2) is 9.97 Å². The van der Waals surface area contributed by atoms with Crippen LogP contribution >= 0.6 is 0 Å². The lowest BCUT2D eigenvalue weighted by Crippen LogP contribution is -2.11. The Morgan fingerprint density at radius 1 is 1.25 bits per heavy atom. The summed E-state index contributed by atoms with van der Waals surface area (Å²) in [5, 5.41) is 12.4. The molecular formula is C15H21N7O2. The number of methoxy groups -OCH3 is 1. The molecule has 0 spiro atoms. The number of ether oxygens (including phenoxy) is 1. The number of hydrogen-bond acceptors (Lipinski definition) is 8. The number of hydrogen-bond donors (Lipinski definition) is 1. The van der Waals surface area contributed by atoms with Crippen LogP contribution in [0.25, 0.3) is 11.0 Å². The van der Waals surface area contributed by atoms with Crippen molar-refractivity contribution in [1.82, 2.24) is 29.9 Å². The highest BCUT2D eigenvalue weighted by Crippen LogP contribution is 2.24. The van der Waals surface area contributed by atoms with Crippen molar-refractivity contribution in [3.05, 3.63) is 23.7 Å². The van der Waals surface area contributed by atoms with E-state index in [1.54, 1.807) is 18.0 Å². The van der Waals surface area contributed by atoms with Gasteiger partial charge in [-0.15, -0.1) is 0 Å². The van der Waals surface area contributed by atoms with E-state index in [2.05, 4.69) is 30.5 Å². The minimum absolute atomic E-state index is 0.196. The predicted molar refractivity (Wildman–Crippen MR) is 87.4 cm³/mol. The Bertz CT molecular complexity index is 840. The Balaban J connectivity index is 1.92. The average Bonchev–Trinajstić information content (AvgIpc) is 3.16. The summed E-state index contributed by atoms with van der Waals surface area (Å²) < 4.78 is 12.2. The van der Waals surface area contributed by atoms with Gasteiger partial charge in [-0.3, -0.25) is 4.68 Å². The molecule has 3 rings (SSSR count). The van der Waals surface area contributed by atoms with Crippen molar-refractivity contribution in [1.29, 1.82) is 0 Å². The number of nitrogens with zero attached hydrogens (tertiary/aromatic N) is 6. The van der Waals surface area contributed by atoms with Crippen LogP contribution in [0.4, 0.5) is 5.82 Å². The summed E-state index contributed by atoms with van der Waals surface area (Å²) in [7, 11) is 3.45. The molecule has 128 valence electrons. The molecule has 0 saturated heterocycles. The van der Waals surface area contributed by atoms with Crippen LogP contribution in [0.5, 0.6) is 0 Å². The van der Waals surface area contributed by atoms with Crippen molar-refractivity contribution in [3.8, 4) is 0 Å². The van der Waals surface area contributed by atoms with Gasteiger partial charge in [0.05, 0.1) is 11.6 Å². The topological polar surface area (TPSA) is 104 Å². The Labute approximate surface area is 139 Å². The fourth-order valence-electron chi connectivity index (χ4n) is 2.30. The van der Waals surface area contributed by atoms with Crippen LogP contribution < -0.4 is 5.32 Å². The number of anilines is 1. The molecule has 3 aromatic rings. The first-order valence-electron chi connectivity index (χ1n) is 7.77. The number of aryl methyl sites for hydroxylation is 1. The smallest absolute Gasteiger partial charge is 0.248 e. The van der Waals surface area contributed by atoms with Crippen LogP contribution in [-0.2, 0) is 18.4 Å². The summed E-state index contributed by atoms with van der Waals surface area (Å²) >= 11 is 0. The second kappa shape index (κ2) is 6.52. The van der Waals surface area contributed by atoms with Crippen molar-refractivity contribution in [2.45, 2.75) is 39.3 Å². The maximum Gasteiger partial charge on any atom is 0.248 e. The lowest BCUT2D eigenvalue weighted by molar-refractivity contribution is 0.178. The van der Waals surface area contributed by atoms with E-state index in [9.17, 15) is 0 Å². The quantitative estimate of drug-likeness (QED) is 0.733. The van der Waals surface area contributed by atoms with Crippen molar-refractivity contribution in [3.63, 3.8) is 0 Å². The van der Waals surface area contributed by atoms with Crippen LogP contribution in [-0.4, -0.2) is 37.0 Å². The molecule has 1 unspecified atom stereocenters. The molecular weight excluding hydrogens is 310 g/mol. The van der Waals surface area contributed by atoms with Gasteiger partial charge in [-0.05, 0) is 6.92 Å². The molecule has 0 aromatic carbocycles. The molecule has 0 aliphatic heterocycles. The third-order valence-corrected chi connectivity index (χ3v) is 3.61. The molecule has 0 aliphatic rings. The van der Waals surface area contributed by atoms with E-state index in [1.165, 1.54) is 0 Å². The normalized spacial score (nSPS) is 12.9. The Morgan fingerprint density at radius 2 is 2.04 bits per heavy atom. The SMILES string of the molecule is COCc1nc(NC(C)c2nc(C(C)C)no2)c2cnn(C)c2n1. The lowest BCUT2D eigenvalue weighted by atomic mass is 10.2. The van der Waals surface area contributed by atoms with Gasteiger partial charge in [-0.2, -0.15) is 10.1 Å². The van der Waals surface area contributed by atoms with Gasteiger partial charge in [0, 0.05) is 20.1 Å². The number of rotatable bonds is 6. The third kappa shape index (κ3) is 3.07. The number of nitrogens with one attached hydrogen (secondary N) is 1. The highest BCUT2D eigenvalue weighted by molar-refractivity contribution is 5.86. The third-order valence-electron chi connectivity index (χ3n) is 3.61. The molecule has 0 amide bonds. The fourth-order valence-corrected chi connectivity index (χ4v) is 2.30. The predicted octanol–water partition coefficient (Wildman–Crippen LogP) is 2.19. The van der Waals surface area contributed by atoms with Crippen molar-refractivity contribution in [2.24, 2.45) is 7.05 Å². The first kappa shape index (κ1) is 16.3. The van der Waals surface area contributed by atoms with Crippen LogP contribution in [0, 0.1) is 0 Å². The van der Waals surface area contributed by atoms with E-state index in [-0.39, 0.29) is 12.0 Å². The molecule has 9 heteroatoms. The van der Waals surface area contributed by atoms with Gasteiger partial charge in [0.25, 0.3) is 0 Å². The molecule has 0 radical (unpaired) electrons. The van der Waals surface area contributed by atoms with Crippen LogP contribution in [0.15, 0.2) is 10.7 Å². The van der Waals surface area contributed by atoms with Crippen molar-refractivity contribution >= 4 is 16.9 Å². The minimum Gasteiger partial charge on any atom is -0.377 e. The molecule has 0 fully saturated rings. The van der Waals surface area contributed by atoms with E-state index in [1.807, 2.05) is 27.8 Å². The Hall–Kier alpha value is -2.55. The van der Waals surface area contributed by atoms with Gasteiger partial charge in [-0.1, -0.05) is 19.0 Å². The summed E-state index contributed by atoms with van der Waals surface area (Å²) in [6, 6.07) is -0.196. The minimum atomic E-state index is -0.196. The molecule has 0 saturated carbocycles. The largest absolute Gasteiger partial charge is 0.377 e. The van der Waals surface area contributed by atoms with E-state index in [0.29, 0.717) is 30.0 Å². The zero-order chi connectivity index (χ0) is 17.3. The lowest BCUT2D eigenvalue weighted by Gasteiger charge is -2.12. The highest BCUT2D eigenvalue weighted by atomic mass is 16.5. The van der Waals surface area contributed by atoms with E-state index in [4.69, 9.17) is 9.26 Å². The molecule has 0 aliphatic carbocycles. The second-order valence-electron chi connectivity index (χ2n) is 5.94. The summed E-state index contributed by atoms with van der Waals surface area (Å²) in [4.78, 5) is 13.4. The summed E-state index contributed by atoms with van der Waals surface area (Å²) in [5.41, 5.74) is 0.736. The molecule has 9 nitrogen and oxygen atoms in total. The Kier molecular flexibility index (Phi) is 4.43. The van der Waals surface area contributed by atoms with Crippen LogP contribution in [0.1, 0.15) is 50.3 Å². The molecule has 3 aromatic heterocycles. The average molecular weight is 331 g/mol. The maximum atomic E-state index is 5.34. The van der Waals surface area contributed by atoms with Crippen molar-refractivity contribution < 1.29 is 9.26 Å². The van der Waals surface area contributed by atoms with E-state index >= 15 is 0 Å². The van der Waals surface area contributed by atoms with Crippen LogP contribution in [0.2, 0.25) is 0 Å². The molecule has 3 heterocycles. The summed E-state index contributed by atoms with van der Waals surface area (Å²) in [6.45, 7) is 6.31. The maximum absolute atomic E-state index is 5.34. The van der Waals surface area contributed by atoms with Gasteiger partial charge in [0.1, 0.15) is 18.5 Å². The van der Waals surface area contributed by atoms with Gasteiger partial charge in [0.15, 0.2) is 17.3 Å². The zero-order valence-electron chi connectivity index (χ0n) is 14.4. The van der Waals surface area contributed by atoms with Gasteiger partial charge >= 0.3 is 0 Å². The molecule has 1 atom stereocenters. The van der Waals surface area contributed by atoms with Gasteiger partial charge < -0.3 is 14.6 Å². The monoisotopic (exact) mass is 331 g/mol. The van der Waals surface area contributed by atoms with Gasteiger partial charge in [0.2, 0.25) is 5.89 Å². The standard InChI is InChI=1S/C15H21N7O2/c1-8(2)12-20-15(24-21-12)9(3)17-13-10-6-16-22(4)14(10)19-11(18-13)7-23-5/h6,8-9H,7H2,1-5H3,(H,17,18,19). The van der Waals surface area contributed by atoms with Crippen molar-refractivity contribution in [2.75, 3.05) is 12.4 Å². The number of aromatic nitrogens is 6. The molecule has 24 heavy (non-hydrogen) atoms. The van der Waals surface area contributed by atoms with Crippen LogP contribution in [0.3, 0.4) is 0 Å². The first-order valence-corrected chi connectivity index (χ1v) is 7.77. The first-order chi connectivity index (χ1) is 11.5. The molecule has 1 N–H and O–H groups in total. The highest BCUT2D eigenvalue weighted by Gasteiger charge is 2.19. The summed E-state index contributed by atoms with van der Waals surface area (Å²) in [6.07, 6.45) is 1.73. The number of fused-ring (bicyclic) bond motifs is 1. The fraction of sp³-hybridized carbons (Fsp3) is 0.533. The zero-order valence-corrected chi connectivity index (χ0v) is 14.4.